The molecule has 2 aromatic carbocycles. The van der Waals surface area contributed by atoms with Gasteiger partial charge in [0, 0.05) is 11.3 Å². The number of carbonyl (C=O) groups excluding carboxylic acids is 3. The van der Waals surface area contributed by atoms with Gasteiger partial charge in [-0.2, -0.15) is 0 Å². The number of hydrogen-bond acceptors (Lipinski definition) is 3. The topological polar surface area (TPSA) is 66.5 Å². The fourth-order valence-electron chi connectivity index (χ4n) is 5.57. The van der Waals surface area contributed by atoms with Gasteiger partial charge in [0.05, 0.1) is 17.5 Å². The molecule has 0 aromatic heterocycles. The van der Waals surface area contributed by atoms with Crippen molar-refractivity contribution >= 4 is 29.1 Å². The monoisotopic (exact) mass is 400 g/mol. The van der Waals surface area contributed by atoms with E-state index in [0.717, 1.165) is 23.2 Å². The lowest BCUT2D eigenvalue weighted by atomic mass is 9.82. The van der Waals surface area contributed by atoms with Gasteiger partial charge in [0.1, 0.15) is 0 Å². The van der Waals surface area contributed by atoms with E-state index >= 15 is 0 Å². The molecular formula is C25H24N2O3. The maximum atomic E-state index is 13.2. The number of nitrogens with zero attached hydrogens (tertiary/aromatic N) is 1. The number of nitrogens with one attached hydrogen (secondary N) is 1. The van der Waals surface area contributed by atoms with Crippen molar-refractivity contribution in [3.63, 3.8) is 0 Å². The van der Waals surface area contributed by atoms with E-state index in [2.05, 4.69) is 18.3 Å². The van der Waals surface area contributed by atoms with Crippen LogP contribution in [0, 0.1) is 37.5 Å². The van der Waals surface area contributed by atoms with Crippen molar-refractivity contribution in [2.24, 2.45) is 23.7 Å². The number of amides is 3. The van der Waals surface area contributed by atoms with Crippen LogP contribution in [0.15, 0.2) is 54.1 Å². The lowest BCUT2D eigenvalue weighted by Gasteiger charge is -2.19. The normalized spacial score (nSPS) is 26.8. The molecule has 0 radical (unpaired) electrons. The Morgan fingerprint density at radius 2 is 1.67 bits per heavy atom. The summed E-state index contributed by atoms with van der Waals surface area (Å²) in [7, 11) is 0. The molecule has 1 saturated heterocycles. The van der Waals surface area contributed by atoms with E-state index in [1.165, 1.54) is 10.5 Å². The third-order valence-electron chi connectivity index (χ3n) is 6.73. The molecule has 1 heterocycles. The highest BCUT2D eigenvalue weighted by Gasteiger charge is 2.60. The Bertz CT molecular complexity index is 1110. The molecule has 0 spiro atoms. The van der Waals surface area contributed by atoms with Gasteiger partial charge in [0.2, 0.25) is 11.8 Å². The number of hydrogen-bond donors (Lipinski definition) is 1. The third-order valence-corrected chi connectivity index (χ3v) is 6.73. The van der Waals surface area contributed by atoms with Gasteiger partial charge in [-0.1, -0.05) is 23.8 Å². The summed E-state index contributed by atoms with van der Waals surface area (Å²) < 4.78 is 0. The van der Waals surface area contributed by atoms with Crippen molar-refractivity contribution in [2.75, 3.05) is 10.2 Å². The molecule has 30 heavy (non-hydrogen) atoms. The van der Waals surface area contributed by atoms with E-state index in [1.807, 2.05) is 32.0 Å². The van der Waals surface area contributed by atoms with Crippen molar-refractivity contribution < 1.29 is 14.4 Å². The van der Waals surface area contributed by atoms with Crippen molar-refractivity contribution in [3.05, 3.63) is 70.8 Å². The first kappa shape index (κ1) is 18.8. The van der Waals surface area contributed by atoms with Crippen molar-refractivity contribution in [1.29, 1.82) is 0 Å². The molecule has 5 rings (SSSR count). The molecule has 5 nitrogen and oxygen atoms in total. The molecule has 2 aliphatic carbocycles. The largest absolute Gasteiger partial charge is 0.322 e. The van der Waals surface area contributed by atoms with Crippen LogP contribution in [0.5, 0.6) is 0 Å². The number of benzene rings is 2. The second kappa shape index (κ2) is 6.66. The summed E-state index contributed by atoms with van der Waals surface area (Å²) in [6, 6.07) is 12.6. The standard InChI is InChI=1S/C25H24N2O3/c1-13-7-14(2)9-18(8-13)26-23(28)16-5-4-6-19(11-16)27-24(29)21-17-10-15(3)20(12-17)22(21)25(27)30/h4-11,17,20-22H,12H2,1-3H3,(H,26,28)/t17-,20+,21-,22-/m0/s1. The SMILES string of the molecule is CC1=C[C@H]2C[C@H]1[C@@H]1C(=O)N(c3cccc(C(=O)Nc4cc(C)cc(C)c4)c3)C(=O)[C@H]12. The predicted molar refractivity (Wildman–Crippen MR) is 115 cm³/mol. The van der Waals surface area contributed by atoms with Crippen LogP contribution in [0.4, 0.5) is 11.4 Å². The summed E-state index contributed by atoms with van der Waals surface area (Å²) in [5.74, 6) is -0.683. The quantitative estimate of drug-likeness (QED) is 0.618. The number of carbonyl (C=O) groups is 3. The van der Waals surface area contributed by atoms with Gasteiger partial charge in [-0.05, 0) is 80.5 Å². The Hall–Kier alpha value is -3.21. The molecule has 0 unspecified atom stereocenters. The summed E-state index contributed by atoms with van der Waals surface area (Å²) >= 11 is 0. The highest BCUT2D eigenvalue weighted by atomic mass is 16.2. The molecule has 2 bridgehead atoms. The Labute approximate surface area is 175 Å². The lowest BCUT2D eigenvalue weighted by molar-refractivity contribution is -0.123. The van der Waals surface area contributed by atoms with Crippen LogP contribution in [0.1, 0.15) is 34.8 Å². The Balaban J connectivity index is 1.41. The lowest BCUT2D eigenvalue weighted by Crippen LogP contribution is -2.33. The van der Waals surface area contributed by atoms with Crippen molar-refractivity contribution in [3.8, 4) is 0 Å². The van der Waals surface area contributed by atoms with Gasteiger partial charge in [-0.3, -0.25) is 14.4 Å². The molecule has 1 aliphatic heterocycles. The molecule has 1 saturated carbocycles. The highest BCUT2D eigenvalue weighted by Crippen LogP contribution is 2.55. The molecule has 4 atom stereocenters. The number of allylic oxidation sites excluding steroid dienone is 2. The maximum Gasteiger partial charge on any atom is 0.255 e. The molecule has 3 aliphatic rings. The van der Waals surface area contributed by atoms with Gasteiger partial charge in [-0.25, -0.2) is 4.90 Å². The zero-order chi connectivity index (χ0) is 21.2. The number of imide groups is 1. The first-order valence-electron chi connectivity index (χ1n) is 10.4. The molecule has 152 valence electrons. The van der Waals surface area contributed by atoms with Gasteiger partial charge < -0.3 is 5.32 Å². The number of fused-ring (bicyclic) bond motifs is 5. The van der Waals surface area contributed by atoms with Crippen LogP contribution < -0.4 is 10.2 Å². The average Bonchev–Trinajstić information content (AvgIpc) is 3.31. The van der Waals surface area contributed by atoms with Crippen LogP contribution in [0.3, 0.4) is 0 Å². The molecule has 2 aromatic rings. The summed E-state index contributed by atoms with van der Waals surface area (Å²) in [5, 5.41) is 2.91. The number of rotatable bonds is 3. The third kappa shape index (κ3) is 2.80. The van der Waals surface area contributed by atoms with Gasteiger partial charge in [0.25, 0.3) is 5.91 Å². The first-order chi connectivity index (χ1) is 14.3. The van der Waals surface area contributed by atoms with E-state index in [1.54, 1.807) is 24.3 Å². The van der Waals surface area contributed by atoms with E-state index in [-0.39, 0.29) is 41.4 Å². The summed E-state index contributed by atoms with van der Waals surface area (Å²) in [6.45, 7) is 6.02. The van der Waals surface area contributed by atoms with E-state index in [0.29, 0.717) is 11.3 Å². The smallest absolute Gasteiger partial charge is 0.255 e. The number of aryl methyl sites for hydroxylation is 2. The Morgan fingerprint density at radius 1 is 0.967 bits per heavy atom. The van der Waals surface area contributed by atoms with E-state index < -0.39 is 0 Å². The van der Waals surface area contributed by atoms with Crippen LogP contribution in [-0.2, 0) is 9.59 Å². The second-order valence-corrected chi connectivity index (χ2v) is 8.86. The average molecular weight is 400 g/mol. The number of anilines is 2. The molecule has 3 amide bonds. The zero-order valence-electron chi connectivity index (χ0n) is 17.3. The van der Waals surface area contributed by atoms with Crippen molar-refractivity contribution in [1.82, 2.24) is 0 Å². The first-order valence-corrected chi connectivity index (χ1v) is 10.4. The Morgan fingerprint density at radius 3 is 2.40 bits per heavy atom. The molecule has 1 N–H and O–H groups in total. The van der Waals surface area contributed by atoms with Crippen LogP contribution >= 0.6 is 0 Å². The fourth-order valence-corrected chi connectivity index (χ4v) is 5.57. The minimum atomic E-state index is -0.265. The maximum absolute atomic E-state index is 13.2. The van der Waals surface area contributed by atoms with Crippen molar-refractivity contribution in [2.45, 2.75) is 27.2 Å². The van der Waals surface area contributed by atoms with Crippen LogP contribution in [0.25, 0.3) is 0 Å². The van der Waals surface area contributed by atoms with E-state index in [4.69, 9.17) is 0 Å². The van der Waals surface area contributed by atoms with Crippen LogP contribution in [0.2, 0.25) is 0 Å². The van der Waals surface area contributed by atoms with Gasteiger partial charge in [-0.15, -0.1) is 0 Å². The van der Waals surface area contributed by atoms with Gasteiger partial charge >= 0.3 is 0 Å². The summed E-state index contributed by atoms with van der Waals surface area (Å²) in [6.07, 6.45) is 3.07. The molecular weight excluding hydrogens is 376 g/mol. The minimum absolute atomic E-state index is 0.128. The van der Waals surface area contributed by atoms with Gasteiger partial charge in [0.15, 0.2) is 0 Å². The fraction of sp³-hybridized carbons (Fsp3) is 0.320. The summed E-state index contributed by atoms with van der Waals surface area (Å²) in [5.41, 5.74) is 4.98. The minimum Gasteiger partial charge on any atom is -0.322 e. The zero-order valence-corrected chi connectivity index (χ0v) is 17.3. The molecule has 2 fully saturated rings. The highest BCUT2D eigenvalue weighted by molar-refractivity contribution is 6.23. The Kier molecular flexibility index (Phi) is 4.17. The predicted octanol–water partition coefficient (Wildman–Crippen LogP) is 4.26. The molecule has 5 heteroatoms. The second-order valence-electron chi connectivity index (χ2n) is 8.86. The van der Waals surface area contributed by atoms with Crippen LogP contribution in [-0.4, -0.2) is 17.7 Å². The van der Waals surface area contributed by atoms with E-state index in [9.17, 15) is 14.4 Å². The summed E-state index contributed by atoms with van der Waals surface area (Å²) in [4.78, 5) is 40.4.